The molecule has 4 atom stereocenters. The summed E-state index contributed by atoms with van der Waals surface area (Å²) in [6.45, 7) is 3.50. The molecule has 0 bridgehead atoms. The standard InChI is InChI=1S/C8H15NO3/c1-2-5-3-10-8-6(12-9)4-11-7(5)8/h5-8H,2-4,9H2,1H3. The number of hydrogen-bond acceptors (Lipinski definition) is 4. The second-order valence-electron chi connectivity index (χ2n) is 3.44. The third-order valence-corrected chi connectivity index (χ3v) is 2.81. The maximum Gasteiger partial charge on any atom is 0.131 e. The summed E-state index contributed by atoms with van der Waals surface area (Å²) in [5, 5.41) is 0. The molecule has 2 N–H and O–H groups in total. The van der Waals surface area contributed by atoms with Crippen molar-refractivity contribution in [3.8, 4) is 0 Å². The fourth-order valence-electron chi connectivity index (χ4n) is 2.01. The van der Waals surface area contributed by atoms with Crippen molar-refractivity contribution in [1.29, 1.82) is 0 Å². The van der Waals surface area contributed by atoms with Gasteiger partial charge in [0.05, 0.1) is 19.3 Å². The van der Waals surface area contributed by atoms with Crippen molar-refractivity contribution in [2.75, 3.05) is 13.2 Å². The number of rotatable bonds is 2. The summed E-state index contributed by atoms with van der Waals surface area (Å²) < 4.78 is 11.1. The molecule has 4 nitrogen and oxygen atoms in total. The molecule has 12 heavy (non-hydrogen) atoms. The molecule has 0 aromatic carbocycles. The lowest BCUT2D eigenvalue weighted by atomic mass is 9.99. The summed E-state index contributed by atoms with van der Waals surface area (Å²) in [6, 6.07) is 0. The number of ether oxygens (including phenoxy) is 2. The molecule has 2 heterocycles. The zero-order valence-corrected chi connectivity index (χ0v) is 7.23. The normalized spacial score (nSPS) is 46.5. The first-order valence-corrected chi connectivity index (χ1v) is 4.45. The predicted molar refractivity (Wildman–Crippen MR) is 42.3 cm³/mol. The first-order valence-electron chi connectivity index (χ1n) is 4.45. The molecule has 2 aliphatic rings. The SMILES string of the molecule is CCC1COC2C(ON)COC12. The molecule has 0 saturated carbocycles. The fourth-order valence-corrected chi connectivity index (χ4v) is 2.01. The van der Waals surface area contributed by atoms with Crippen LogP contribution in [0.5, 0.6) is 0 Å². The average molecular weight is 173 g/mol. The molecule has 2 aliphatic heterocycles. The zero-order valence-electron chi connectivity index (χ0n) is 7.23. The van der Waals surface area contributed by atoms with E-state index in [1.807, 2.05) is 0 Å². The van der Waals surface area contributed by atoms with E-state index >= 15 is 0 Å². The van der Waals surface area contributed by atoms with E-state index in [1.165, 1.54) is 0 Å². The Hall–Kier alpha value is -0.160. The first kappa shape index (κ1) is 8.44. The Morgan fingerprint density at radius 1 is 1.33 bits per heavy atom. The van der Waals surface area contributed by atoms with Gasteiger partial charge in [-0.2, -0.15) is 0 Å². The second kappa shape index (κ2) is 3.30. The molecule has 70 valence electrons. The van der Waals surface area contributed by atoms with Gasteiger partial charge in [-0.05, 0) is 6.42 Å². The van der Waals surface area contributed by atoms with Crippen LogP contribution < -0.4 is 5.90 Å². The van der Waals surface area contributed by atoms with Gasteiger partial charge in [-0.1, -0.05) is 6.92 Å². The minimum Gasteiger partial charge on any atom is -0.372 e. The van der Waals surface area contributed by atoms with Crippen molar-refractivity contribution in [2.45, 2.75) is 31.7 Å². The van der Waals surface area contributed by atoms with Crippen LogP contribution in [0.15, 0.2) is 0 Å². The van der Waals surface area contributed by atoms with E-state index in [1.54, 1.807) is 0 Å². The van der Waals surface area contributed by atoms with Crippen LogP contribution in [0.25, 0.3) is 0 Å². The topological polar surface area (TPSA) is 53.7 Å². The van der Waals surface area contributed by atoms with Crippen LogP contribution in [-0.2, 0) is 14.3 Å². The lowest BCUT2D eigenvalue weighted by Crippen LogP contribution is -2.33. The van der Waals surface area contributed by atoms with Gasteiger partial charge in [0.2, 0.25) is 0 Å². The number of fused-ring (bicyclic) bond motifs is 1. The van der Waals surface area contributed by atoms with E-state index in [2.05, 4.69) is 6.92 Å². The minimum absolute atomic E-state index is 0.0634. The zero-order chi connectivity index (χ0) is 8.55. The van der Waals surface area contributed by atoms with Gasteiger partial charge in [0.1, 0.15) is 12.2 Å². The Bertz CT molecular complexity index is 146. The Kier molecular flexibility index (Phi) is 2.32. The van der Waals surface area contributed by atoms with Crippen LogP contribution in [0.1, 0.15) is 13.3 Å². The number of hydrogen-bond donors (Lipinski definition) is 1. The Morgan fingerprint density at radius 3 is 2.75 bits per heavy atom. The highest BCUT2D eigenvalue weighted by molar-refractivity contribution is 4.93. The Labute approximate surface area is 71.9 Å². The van der Waals surface area contributed by atoms with Crippen molar-refractivity contribution in [2.24, 2.45) is 11.8 Å². The predicted octanol–water partition coefficient (Wildman–Crippen LogP) is 0.0691. The molecule has 0 aliphatic carbocycles. The largest absolute Gasteiger partial charge is 0.372 e. The van der Waals surface area contributed by atoms with Crippen LogP contribution in [0.3, 0.4) is 0 Å². The summed E-state index contributed by atoms with van der Waals surface area (Å²) in [4.78, 5) is 4.77. The molecule has 2 fully saturated rings. The third-order valence-electron chi connectivity index (χ3n) is 2.81. The molecule has 0 aromatic heterocycles. The third kappa shape index (κ3) is 1.15. The Morgan fingerprint density at radius 2 is 2.08 bits per heavy atom. The second-order valence-corrected chi connectivity index (χ2v) is 3.44. The summed E-state index contributed by atoms with van der Waals surface area (Å²) in [7, 11) is 0. The van der Waals surface area contributed by atoms with Gasteiger partial charge in [0.15, 0.2) is 0 Å². The van der Waals surface area contributed by atoms with Crippen molar-refractivity contribution in [3.63, 3.8) is 0 Å². The van der Waals surface area contributed by atoms with Crippen LogP contribution in [-0.4, -0.2) is 31.5 Å². The molecule has 0 amide bonds. The van der Waals surface area contributed by atoms with Crippen LogP contribution >= 0.6 is 0 Å². The maximum absolute atomic E-state index is 5.55. The van der Waals surface area contributed by atoms with Gasteiger partial charge in [0, 0.05) is 5.92 Å². The van der Waals surface area contributed by atoms with Crippen molar-refractivity contribution >= 4 is 0 Å². The molecule has 2 rings (SSSR count). The smallest absolute Gasteiger partial charge is 0.131 e. The monoisotopic (exact) mass is 173 g/mol. The highest BCUT2D eigenvalue weighted by Gasteiger charge is 2.47. The molecule has 0 spiro atoms. The minimum atomic E-state index is -0.0634. The van der Waals surface area contributed by atoms with Crippen LogP contribution in [0.2, 0.25) is 0 Å². The number of nitrogens with two attached hydrogens (primary N) is 1. The van der Waals surface area contributed by atoms with Gasteiger partial charge in [-0.3, -0.25) is 4.84 Å². The quantitative estimate of drug-likeness (QED) is 0.600. The van der Waals surface area contributed by atoms with E-state index in [-0.39, 0.29) is 18.3 Å². The summed E-state index contributed by atoms with van der Waals surface area (Å²) in [5.41, 5.74) is 0. The van der Waals surface area contributed by atoms with Crippen molar-refractivity contribution in [1.82, 2.24) is 0 Å². The molecule has 0 radical (unpaired) electrons. The first-order chi connectivity index (χ1) is 5.86. The van der Waals surface area contributed by atoms with E-state index < -0.39 is 0 Å². The molecule has 2 saturated heterocycles. The van der Waals surface area contributed by atoms with Gasteiger partial charge in [0.25, 0.3) is 0 Å². The molecule has 4 unspecified atom stereocenters. The fraction of sp³-hybridized carbons (Fsp3) is 1.00. The summed E-state index contributed by atoms with van der Waals surface area (Å²) >= 11 is 0. The van der Waals surface area contributed by atoms with Gasteiger partial charge in [-0.15, -0.1) is 0 Å². The lowest BCUT2D eigenvalue weighted by Gasteiger charge is -2.13. The summed E-state index contributed by atoms with van der Waals surface area (Å²) in [5.74, 6) is 5.64. The van der Waals surface area contributed by atoms with Crippen LogP contribution in [0.4, 0.5) is 0 Å². The maximum atomic E-state index is 5.55. The average Bonchev–Trinajstić information content (AvgIpc) is 2.62. The van der Waals surface area contributed by atoms with Gasteiger partial charge >= 0.3 is 0 Å². The highest BCUT2D eigenvalue weighted by atomic mass is 16.7. The van der Waals surface area contributed by atoms with E-state index in [9.17, 15) is 0 Å². The molecular weight excluding hydrogens is 158 g/mol. The summed E-state index contributed by atoms with van der Waals surface area (Å²) in [6.07, 6.45) is 1.31. The van der Waals surface area contributed by atoms with E-state index in [0.29, 0.717) is 12.5 Å². The van der Waals surface area contributed by atoms with E-state index in [4.69, 9.17) is 20.2 Å². The van der Waals surface area contributed by atoms with Crippen molar-refractivity contribution in [3.05, 3.63) is 0 Å². The van der Waals surface area contributed by atoms with Gasteiger partial charge in [-0.25, -0.2) is 5.90 Å². The molecule has 0 aromatic rings. The van der Waals surface area contributed by atoms with Crippen molar-refractivity contribution < 1.29 is 14.3 Å². The van der Waals surface area contributed by atoms with E-state index in [0.717, 1.165) is 13.0 Å². The molecular formula is C8H15NO3. The van der Waals surface area contributed by atoms with Gasteiger partial charge < -0.3 is 9.47 Å². The van der Waals surface area contributed by atoms with Crippen LogP contribution in [0, 0.1) is 5.92 Å². The Balaban J connectivity index is 2.01. The highest BCUT2D eigenvalue weighted by Crippen LogP contribution is 2.33. The lowest BCUT2D eigenvalue weighted by molar-refractivity contribution is -0.0337. The molecule has 4 heteroatoms.